The Kier molecular flexibility index (Phi) is 4.53. The fourth-order valence-electron chi connectivity index (χ4n) is 3.53. The van der Waals surface area contributed by atoms with E-state index in [0.717, 1.165) is 41.7 Å². The van der Waals surface area contributed by atoms with Crippen molar-refractivity contribution in [1.82, 2.24) is 9.88 Å². The van der Waals surface area contributed by atoms with E-state index in [1.165, 1.54) is 11.1 Å². The van der Waals surface area contributed by atoms with E-state index in [2.05, 4.69) is 36.2 Å². The van der Waals surface area contributed by atoms with Gasteiger partial charge < -0.3 is 9.88 Å². The normalized spacial score (nSPS) is 18.3. The zero-order chi connectivity index (χ0) is 17.2. The van der Waals surface area contributed by atoms with Crippen molar-refractivity contribution in [2.45, 2.75) is 18.6 Å². The Labute approximate surface area is 152 Å². The molecule has 1 fully saturated rings. The van der Waals surface area contributed by atoms with Gasteiger partial charge in [-0.2, -0.15) is 11.8 Å². The lowest BCUT2D eigenvalue weighted by Crippen LogP contribution is -2.32. The minimum Gasteiger partial charge on any atom is -0.361 e. The Morgan fingerprint density at radius 1 is 1.16 bits per heavy atom. The lowest BCUT2D eigenvalue weighted by molar-refractivity contribution is 0.0766. The van der Waals surface area contributed by atoms with E-state index in [4.69, 9.17) is 0 Å². The highest BCUT2D eigenvalue weighted by Crippen LogP contribution is 2.36. The molecule has 1 saturated heterocycles. The Morgan fingerprint density at radius 2 is 2.04 bits per heavy atom. The number of amides is 1. The molecule has 0 bridgehead atoms. The van der Waals surface area contributed by atoms with Gasteiger partial charge in [0.1, 0.15) is 0 Å². The second-order valence-electron chi connectivity index (χ2n) is 6.58. The summed E-state index contributed by atoms with van der Waals surface area (Å²) < 4.78 is 0. The van der Waals surface area contributed by atoms with Crippen LogP contribution in [0.15, 0.2) is 54.7 Å². The summed E-state index contributed by atoms with van der Waals surface area (Å²) >= 11 is 1.97. The van der Waals surface area contributed by atoms with Crippen LogP contribution in [0.1, 0.15) is 33.2 Å². The van der Waals surface area contributed by atoms with Crippen molar-refractivity contribution in [2.24, 2.45) is 0 Å². The largest absolute Gasteiger partial charge is 0.361 e. The Hall–Kier alpha value is -2.20. The molecule has 0 radical (unpaired) electrons. The second-order valence-corrected chi connectivity index (χ2v) is 7.89. The van der Waals surface area contributed by atoms with E-state index in [0.29, 0.717) is 5.25 Å². The summed E-state index contributed by atoms with van der Waals surface area (Å²) in [5, 5.41) is 1.62. The van der Waals surface area contributed by atoms with Gasteiger partial charge in [0.2, 0.25) is 0 Å². The molecule has 0 saturated carbocycles. The van der Waals surface area contributed by atoms with Gasteiger partial charge in [0.25, 0.3) is 5.91 Å². The first-order valence-corrected chi connectivity index (χ1v) is 9.81. The molecule has 0 aliphatic carbocycles. The van der Waals surface area contributed by atoms with Crippen molar-refractivity contribution >= 4 is 28.6 Å². The van der Waals surface area contributed by atoms with Crippen LogP contribution in [0.5, 0.6) is 0 Å². The number of fused-ring (bicyclic) bond motifs is 1. The topological polar surface area (TPSA) is 36.1 Å². The van der Waals surface area contributed by atoms with Gasteiger partial charge in [-0.15, -0.1) is 0 Å². The highest BCUT2D eigenvalue weighted by atomic mass is 32.2. The molecular formula is C21H22N2OS. The monoisotopic (exact) mass is 350 g/mol. The zero-order valence-corrected chi connectivity index (χ0v) is 15.2. The molecule has 1 unspecified atom stereocenters. The van der Waals surface area contributed by atoms with Crippen LogP contribution in [0.25, 0.3) is 10.9 Å². The molecule has 2 heterocycles. The van der Waals surface area contributed by atoms with Gasteiger partial charge >= 0.3 is 0 Å². The average Bonchev–Trinajstić information content (AvgIpc) is 2.97. The maximum Gasteiger partial charge on any atom is 0.253 e. The van der Waals surface area contributed by atoms with Crippen LogP contribution in [0, 0.1) is 6.92 Å². The van der Waals surface area contributed by atoms with E-state index in [9.17, 15) is 4.79 Å². The van der Waals surface area contributed by atoms with Crippen LogP contribution >= 0.6 is 11.8 Å². The van der Waals surface area contributed by atoms with Crippen LogP contribution in [-0.2, 0) is 0 Å². The number of nitrogens with zero attached hydrogens (tertiary/aromatic N) is 1. The number of aromatic nitrogens is 1. The van der Waals surface area contributed by atoms with Crippen molar-refractivity contribution in [1.29, 1.82) is 0 Å². The summed E-state index contributed by atoms with van der Waals surface area (Å²) in [4.78, 5) is 18.1. The molecule has 1 atom stereocenters. The molecule has 1 aliphatic rings. The first kappa shape index (κ1) is 16.3. The van der Waals surface area contributed by atoms with E-state index >= 15 is 0 Å². The van der Waals surface area contributed by atoms with Gasteiger partial charge in [0.05, 0.1) is 0 Å². The van der Waals surface area contributed by atoms with Crippen molar-refractivity contribution in [2.75, 3.05) is 18.8 Å². The van der Waals surface area contributed by atoms with Crippen LogP contribution < -0.4 is 0 Å². The molecular weight excluding hydrogens is 328 g/mol. The molecule has 4 rings (SSSR count). The van der Waals surface area contributed by atoms with Crippen LogP contribution in [-0.4, -0.2) is 34.6 Å². The molecule has 3 aromatic rings. The van der Waals surface area contributed by atoms with Crippen LogP contribution in [0.2, 0.25) is 0 Å². The fraction of sp³-hybridized carbons (Fsp3) is 0.286. The quantitative estimate of drug-likeness (QED) is 0.721. The van der Waals surface area contributed by atoms with E-state index in [1.54, 1.807) is 0 Å². The van der Waals surface area contributed by atoms with Crippen molar-refractivity contribution < 1.29 is 4.79 Å². The molecule has 3 nitrogen and oxygen atoms in total. The highest BCUT2D eigenvalue weighted by Gasteiger charge is 2.23. The third-order valence-electron chi connectivity index (χ3n) is 4.97. The Morgan fingerprint density at radius 3 is 2.92 bits per heavy atom. The predicted octanol–water partition coefficient (Wildman–Crippen LogP) is 4.80. The number of hydrogen-bond acceptors (Lipinski definition) is 2. The molecule has 1 amide bonds. The van der Waals surface area contributed by atoms with E-state index in [1.807, 2.05) is 47.1 Å². The molecule has 1 N–H and O–H groups in total. The van der Waals surface area contributed by atoms with Crippen molar-refractivity contribution in [3.8, 4) is 0 Å². The number of aromatic amines is 1. The number of thioether (sulfide) groups is 1. The SMILES string of the molecule is Cc1ccccc1C1CCN(C(=O)c2ccc3cc[nH]c3c2)CCS1. The van der Waals surface area contributed by atoms with Crippen LogP contribution in [0.3, 0.4) is 0 Å². The molecule has 25 heavy (non-hydrogen) atoms. The minimum absolute atomic E-state index is 0.141. The van der Waals surface area contributed by atoms with Gasteiger partial charge in [-0.25, -0.2) is 0 Å². The summed E-state index contributed by atoms with van der Waals surface area (Å²) in [6, 6.07) is 16.6. The fourth-order valence-corrected chi connectivity index (χ4v) is 4.86. The summed E-state index contributed by atoms with van der Waals surface area (Å²) in [6.07, 6.45) is 2.92. The smallest absolute Gasteiger partial charge is 0.253 e. The number of rotatable bonds is 2. The average molecular weight is 350 g/mol. The number of H-pyrrole nitrogens is 1. The number of carbonyl (C=O) groups is 1. The van der Waals surface area contributed by atoms with Gasteiger partial charge in [0, 0.05) is 41.4 Å². The van der Waals surface area contributed by atoms with E-state index in [-0.39, 0.29) is 5.91 Å². The predicted molar refractivity (Wildman–Crippen MR) is 105 cm³/mol. The molecule has 1 aliphatic heterocycles. The van der Waals surface area contributed by atoms with Crippen LogP contribution in [0.4, 0.5) is 0 Å². The second kappa shape index (κ2) is 6.96. The standard InChI is InChI=1S/C21H22N2OS/c1-15-4-2-3-5-18(15)20-9-11-23(12-13-25-20)21(24)17-7-6-16-8-10-22-19(16)14-17/h2-8,10,14,20,22H,9,11-13H2,1H3. The Bertz CT molecular complexity index is 902. The summed E-state index contributed by atoms with van der Waals surface area (Å²) in [6.45, 7) is 3.80. The third kappa shape index (κ3) is 3.31. The number of aryl methyl sites for hydroxylation is 1. The minimum atomic E-state index is 0.141. The summed E-state index contributed by atoms with van der Waals surface area (Å²) in [5.41, 5.74) is 4.55. The molecule has 0 spiro atoms. The van der Waals surface area contributed by atoms with Gasteiger partial charge in [0.15, 0.2) is 0 Å². The lowest BCUT2D eigenvalue weighted by atomic mass is 10.0. The Balaban J connectivity index is 1.50. The molecule has 4 heteroatoms. The van der Waals surface area contributed by atoms with Crippen molar-refractivity contribution in [3.05, 3.63) is 71.4 Å². The number of nitrogens with one attached hydrogen (secondary N) is 1. The first-order valence-electron chi connectivity index (χ1n) is 8.76. The van der Waals surface area contributed by atoms with E-state index < -0.39 is 0 Å². The third-order valence-corrected chi connectivity index (χ3v) is 6.28. The lowest BCUT2D eigenvalue weighted by Gasteiger charge is -2.21. The highest BCUT2D eigenvalue weighted by molar-refractivity contribution is 7.99. The van der Waals surface area contributed by atoms with Gasteiger partial charge in [-0.05, 0) is 48.1 Å². The number of benzene rings is 2. The van der Waals surface area contributed by atoms with Gasteiger partial charge in [-0.1, -0.05) is 30.3 Å². The molecule has 128 valence electrons. The number of hydrogen-bond donors (Lipinski definition) is 1. The summed E-state index contributed by atoms with van der Waals surface area (Å²) in [7, 11) is 0. The zero-order valence-electron chi connectivity index (χ0n) is 14.4. The maximum absolute atomic E-state index is 12.9. The maximum atomic E-state index is 12.9. The first-order chi connectivity index (χ1) is 12.2. The number of carbonyl (C=O) groups excluding carboxylic acids is 1. The molecule has 1 aromatic heterocycles. The van der Waals surface area contributed by atoms with Crippen molar-refractivity contribution in [3.63, 3.8) is 0 Å². The summed E-state index contributed by atoms with van der Waals surface area (Å²) in [5.74, 6) is 1.12. The van der Waals surface area contributed by atoms with Gasteiger partial charge in [-0.3, -0.25) is 4.79 Å². The molecule has 2 aromatic carbocycles.